The zero-order valence-electron chi connectivity index (χ0n) is 15.5. The summed E-state index contributed by atoms with van der Waals surface area (Å²) in [6.45, 7) is 0.308. The maximum Gasteiger partial charge on any atom is 0.573 e. The second kappa shape index (κ2) is 8.02. The van der Waals surface area contributed by atoms with Crippen molar-refractivity contribution in [2.75, 3.05) is 11.4 Å². The molecule has 6 nitrogen and oxygen atoms in total. The van der Waals surface area contributed by atoms with Crippen molar-refractivity contribution >= 4 is 29.9 Å². The molecule has 2 bridgehead atoms. The third kappa shape index (κ3) is 4.30. The van der Waals surface area contributed by atoms with Gasteiger partial charge in [-0.25, -0.2) is 0 Å². The van der Waals surface area contributed by atoms with Gasteiger partial charge in [-0.15, -0.1) is 25.6 Å². The highest BCUT2D eigenvalue weighted by molar-refractivity contribution is 6.01. The van der Waals surface area contributed by atoms with Gasteiger partial charge in [-0.3, -0.25) is 9.59 Å². The Bertz CT molecular complexity index is 789. The molecule has 4 rings (SSSR count). The number of ether oxygens (including phenoxy) is 1. The molecule has 5 unspecified atom stereocenters. The Hall–Kier alpha value is -2.00. The number of nitrogens with two attached hydrogens (primary N) is 1. The number of hydrogen-bond donors (Lipinski definition) is 2. The number of nitrogens with zero attached hydrogens (tertiary/aromatic N) is 1. The molecule has 3 N–H and O–H groups in total. The Morgan fingerprint density at radius 2 is 1.93 bits per heavy atom. The van der Waals surface area contributed by atoms with E-state index < -0.39 is 18.2 Å². The smallest absolute Gasteiger partial charge is 0.406 e. The number of nitrogens with one attached hydrogen (secondary N) is 1. The van der Waals surface area contributed by atoms with E-state index in [0.29, 0.717) is 24.6 Å². The van der Waals surface area contributed by atoms with Crippen molar-refractivity contribution in [3.05, 3.63) is 24.3 Å². The summed E-state index contributed by atoms with van der Waals surface area (Å²) < 4.78 is 41.2. The predicted molar refractivity (Wildman–Crippen MR) is 102 cm³/mol. The van der Waals surface area contributed by atoms with E-state index in [9.17, 15) is 22.8 Å². The summed E-state index contributed by atoms with van der Waals surface area (Å²) in [5.74, 6) is -0.512. The van der Waals surface area contributed by atoms with Crippen LogP contribution in [-0.2, 0) is 9.59 Å². The van der Waals surface area contributed by atoms with Gasteiger partial charge in [-0.05, 0) is 49.7 Å². The third-order valence-corrected chi connectivity index (χ3v) is 6.17. The predicted octanol–water partition coefficient (Wildman–Crippen LogP) is 2.60. The molecule has 10 heteroatoms. The normalized spacial score (nSPS) is 31.0. The van der Waals surface area contributed by atoms with Crippen molar-refractivity contribution in [2.45, 2.75) is 44.1 Å². The van der Waals surface area contributed by atoms with Crippen LogP contribution in [0, 0.1) is 17.8 Å². The second-order valence-corrected chi connectivity index (χ2v) is 7.82. The lowest BCUT2D eigenvalue weighted by Gasteiger charge is -2.28. The molecule has 1 aromatic rings. The molecule has 160 valence electrons. The minimum atomic E-state index is -4.80. The first-order chi connectivity index (χ1) is 13.2. The van der Waals surface area contributed by atoms with Crippen molar-refractivity contribution in [3.63, 3.8) is 0 Å². The Balaban J connectivity index is 0.00000240. The van der Waals surface area contributed by atoms with Crippen LogP contribution in [0.3, 0.4) is 0 Å². The van der Waals surface area contributed by atoms with Gasteiger partial charge in [-0.1, -0.05) is 6.07 Å². The van der Waals surface area contributed by atoms with E-state index in [1.807, 2.05) is 0 Å². The first kappa shape index (κ1) is 21.7. The molecule has 1 aromatic carbocycles. The number of rotatable bonds is 4. The monoisotopic (exact) mass is 433 g/mol. The molecule has 2 amide bonds. The van der Waals surface area contributed by atoms with Crippen LogP contribution < -0.4 is 20.7 Å². The van der Waals surface area contributed by atoms with E-state index in [1.165, 1.54) is 29.2 Å². The fourth-order valence-electron chi connectivity index (χ4n) is 4.91. The Morgan fingerprint density at radius 3 is 2.59 bits per heavy atom. The second-order valence-electron chi connectivity index (χ2n) is 7.82. The third-order valence-electron chi connectivity index (χ3n) is 6.17. The van der Waals surface area contributed by atoms with Gasteiger partial charge in [0.1, 0.15) is 11.8 Å². The van der Waals surface area contributed by atoms with Gasteiger partial charge >= 0.3 is 6.36 Å². The molecular formula is C19H23ClF3N3O3. The molecule has 1 heterocycles. The van der Waals surface area contributed by atoms with E-state index in [2.05, 4.69) is 10.1 Å². The Labute approximate surface area is 172 Å². The highest BCUT2D eigenvalue weighted by Crippen LogP contribution is 2.47. The summed E-state index contributed by atoms with van der Waals surface area (Å²) in [4.78, 5) is 26.8. The van der Waals surface area contributed by atoms with E-state index >= 15 is 0 Å². The van der Waals surface area contributed by atoms with Gasteiger partial charge < -0.3 is 20.7 Å². The zero-order valence-corrected chi connectivity index (χ0v) is 16.3. The Kier molecular flexibility index (Phi) is 6.01. The highest BCUT2D eigenvalue weighted by atomic mass is 35.5. The topological polar surface area (TPSA) is 84.7 Å². The summed E-state index contributed by atoms with van der Waals surface area (Å²) in [7, 11) is 0. The van der Waals surface area contributed by atoms with Gasteiger partial charge in [-0.2, -0.15) is 0 Å². The van der Waals surface area contributed by atoms with Crippen molar-refractivity contribution in [3.8, 4) is 5.75 Å². The van der Waals surface area contributed by atoms with Crippen molar-refractivity contribution < 1.29 is 27.5 Å². The molecular weight excluding hydrogens is 411 g/mol. The lowest BCUT2D eigenvalue weighted by molar-refractivity contribution is -0.274. The molecule has 0 aromatic heterocycles. The van der Waals surface area contributed by atoms with Crippen LogP contribution in [0.2, 0.25) is 0 Å². The molecule has 2 aliphatic carbocycles. The lowest BCUT2D eigenvalue weighted by atomic mass is 9.84. The molecule has 1 saturated heterocycles. The first-order valence-electron chi connectivity index (χ1n) is 9.46. The molecule has 0 spiro atoms. The van der Waals surface area contributed by atoms with Gasteiger partial charge in [0.05, 0.1) is 5.92 Å². The summed E-state index contributed by atoms with van der Waals surface area (Å²) in [5, 5.41) is 2.82. The number of anilines is 1. The van der Waals surface area contributed by atoms with Crippen LogP contribution in [0.4, 0.5) is 18.9 Å². The number of carbonyl (C=O) groups excluding carboxylic acids is 2. The number of hydrogen-bond acceptors (Lipinski definition) is 4. The van der Waals surface area contributed by atoms with Gasteiger partial charge in [0.25, 0.3) is 0 Å². The number of halogens is 4. The molecule has 5 atom stereocenters. The van der Waals surface area contributed by atoms with Crippen LogP contribution in [0.1, 0.15) is 25.7 Å². The number of fused-ring (bicyclic) bond motifs is 2. The minimum absolute atomic E-state index is 0. The van der Waals surface area contributed by atoms with Crippen LogP contribution in [0.25, 0.3) is 0 Å². The quantitative estimate of drug-likeness (QED) is 0.764. The lowest BCUT2D eigenvalue weighted by Crippen LogP contribution is -2.50. The van der Waals surface area contributed by atoms with E-state index in [-0.39, 0.29) is 42.1 Å². The van der Waals surface area contributed by atoms with Crippen molar-refractivity contribution in [1.29, 1.82) is 0 Å². The summed E-state index contributed by atoms with van der Waals surface area (Å²) >= 11 is 0. The summed E-state index contributed by atoms with van der Waals surface area (Å²) in [6.07, 6.45) is -1.39. The maximum atomic E-state index is 12.7. The minimum Gasteiger partial charge on any atom is -0.406 e. The molecule has 1 aliphatic heterocycles. The molecule has 3 fully saturated rings. The van der Waals surface area contributed by atoms with E-state index in [1.54, 1.807) is 0 Å². The molecule has 2 saturated carbocycles. The Morgan fingerprint density at radius 1 is 1.21 bits per heavy atom. The number of alkyl halides is 3. The fourth-order valence-corrected chi connectivity index (χ4v) is 4.91. The standard InChI is InChI=1S/C19H22F3N3O3.ClH/c20-19(21,22)28-13-3-1-2-12(9-13)25-7-6-14(18(25)27)24-17(26)15-10-4-5-11(8-10)16(15)23;/h1-3,9-11,14-16H,4-8,23H2,(H,24,26);1H. The van der Waals surface area contributed by atoms with Crippen LogP contribution in [0.5, 0.6) is 5.75 Å². The van der Waals surface area contributed by atoms with E-state index in [4.69, 9.17) is 5.73 Å². The SMILES string of the molecule is Cl.NC1C2CCC(C2)C1C(=O)NC1CCN(c2cccc(OC(F)(F)F)c2)C1=O. The summed E-state index contributed by atoms with van der Waals surface area (Å²) in [6, 6.07) is 4.42. The van der Waals surface area contributed by atoms with Crippen LogP contribution in [-0.4, -0.2) is 36.8 Å². The largest absolute Gasteiger partial charge is 0.573 e. The number of benzene rings is 1. The number of carbonyl (C=O) groups is 2. The fraction of sp³-hybridized carbons (Fsp3) is 0.579. The highest BCUT2D eigenvalue weighted by Gasteiger charge is 2.50. The maximum absolute atomic E-state index is 12.7. The zero-order chi connectivity index (χ0) is 20.1. The van der Waals surface area contributed by atoms with Gasteiger partial charge in [0, 0.05) is 24.3 Å². The molecule has 29 heavy (non-hydrogen) atoms. The van der Waals surface area contributed by atoms with E-state index in [0.717, 1.165) is 19.3 Å². The van der Waals surface area contributed by atoms with Crippen molar-refractivity contribution in [1.82, 2.24) is 5.32 Å². The summed E-state index contributed by atoms with van der Waals surface area (Å²) in [5.41, 5.74) is 6.50. The van der Waals surface area contributed by atoms with Gasteiger partial charge in [0.15, 0.2) is 0 Å². The molecule has 0 radical (unpaired) electrons. The van der Waals surface area contributed by atoms with Crippen LogP contribution in [0.15, 0.2) is 24.3 Å². The number of amides is 2. The first-order valence-corrected chi connectivity index (χ1v) is 9.46. The van der Waals surface area contributed by atoms with Crippen LogP contribution >= 0.6 is 12.4 Å². The van der Waals surface area contributed by atoms with Gasteiger partial charge in [0.2, 0.25) is 11.8 Å². The van der Waals surface area contributed by atoms with Crippen molar-refractivity contribution in [2.24, 2.45) is 23.5 Å². The average Bonchev–Trinajstić information content (AvgIpc) is 3.29. The molecule has 3 aliphatic rings. The average molecular weight is 434 g/mol.